The van der Waals surface area contributed by atoms with Crippen molar-refractivity contribution in [2.24, 2.45) is 0 Å². The molecular weight excluding hydrogens is 430 g/mol. The summed E-state index contributed by atoms with van der Waals surface area (Å²) in [7, 11) is 0. The lowest BCUT2D eigenvalue weighted by Crippen LogP contribution is -2.24. The molecule has 0 bridgehead atoms. The minimum Gasteiger partial charge on any atom is -0.467 e. The summed E-state index contributed by atoms with van der Waals surface area (Å²) in [6.45, 7) is 2.08. The van der Waals surface area contributed by atoms with E-state index in [4.69, 9.17) is 4.42 Å². The third-order valence-electron chi connectivity index (χ3n) is 5.21. The Labute approximate surface area is 196 Å². The molecule has 4 aromatic rings. The predicted octanol–water partition coefficient (Wildman–Crippen LogP) is 5.02. The Hall–Kier alpha value is -4.65. The average molecular weight is 453 g/mol. The fourth-order valence-corrected chi connectivity index (χ4v) is 3.34. The predicted molar refractivity (Wildman–Crippen MR) is 130 cm³/mol. The lowest BCUT2D eigenvalue weighted by molar-refractivity contribution is 0.0948. The van der Waals surface area contributed by atoms with E-state index in [2.05, 4.69) is 16.0 Å². The van der Waals surface area contributed by atoms with E-state index in [1.165, 1.54) is 6.26 Å². The lowest BCUT2D eigenvalue weighted by atomic mass is 10.1. The number of carbonyl (C=O) groups excluding carboxylic acids is 3. The van der Waals surface area contributed by atoms with Crippen molar-refractivity contribution in [2.75, 3.05) is 10.6 Å². The molecule has 34 heavy (non-hydrogen) atoms. The summed E-state index contributed by atoms with van der Waals surface area (Å²) in [6, 6.07) is 24.1. The van der Waals surface area contributed by atoms with Gasteiger partial charge in [0.2, 0.25) is 0 Å². The molecule has 0 saturated carbocycles. The Kier molecular flexibility index (Phi) is 6.84. The highest BCUT2D eigenvalue weighted by Crippen LogP contribution is 2.21. The van der Waals surface area contributed by atoms with Gasteiger partial charge >= 0.3 is 0 Å². The van der Waals surface area contributed by atoms with Crippen LogP contribution in [-0.2, 0) is 6.54 Å². The highest BCUT2D eigenvalue weighted by Gasteiger charge is 2.16. The van der Waals surface area contributed by atoms with Crippen molar-refractivity contribution >= 4 is 29.1 Å². The smallest absolute Gasteiger partial charge is 0.255 e. The number of anilines is 2. The van der Waals surface area contributed by atoms with Gasteiger partial charge in [0.25, 0.3) is 17.7 Å². The summed E-state index contributed by atoms with van der Waals surface area (Å²) in [4.78, 5) is 38.2. The summed E-state index contributed by atoms with van der Waals surface area (Å²) < 4.78 is 5.23. The summed E-state index contributed by atoms with van der Waals surface area (Å²) in [5, 5.41) is 8.43. The van der Waals surface area contributed by atoms with Crippen LogP contribution < -0.4 is 16.0 Å². The first kappa shape index (κ1) is 22.5. The van der Waals surface area contributed by atoms with Crippen LogP contribution in [0.5, 0.6) is 0 Å². The molecular formula is C27H23N3O4. The maximum atomic E-state index is 13.0. The van der Waals surface area contributed by atoms with E-state index in [0.717, 1.165) is 5.56 Å². The molecule has 0 aliphatic rings. The van der Waals surface area contributed by atoms with Crippen LogP contribution in [0.1, 0.15) is 42.4 Å². The highest BCUT2D eigenvalue weighted by atomic mass is 16.3. The third-order valence-corrected chi connectivity index (χ3v) is 5.21. The van der Waals surface area contributed by atoms with Crippen LogP contribution in [0, 0.1) is 6.92 Å². The maximum Gasteiger partial charge on any atom is 0.255 e. The van der Waals surface area contributed by atoms with Gasteiger partial charge in [-0.1, -0.05) is 36.4 Å². The van der Waals surface area contributed by atoms with Gasteiger partial charge < -0.3 is 20.4 Å². The molecule has 0 atom stereocenters. The molecule has 7 nitrogen and oxygen atoms in total. The number of para-hydroxylation sites is 1. The SMILES string of the molecule is Cc1ccc(C(=O)Nc2ccccc2C(=O)NCc2ccco2)cc1NC(=O)c1ccccc1. The number of benzene rings is 3. The second kappa shape index (κ2) is 10.3. The molecule has 4 rings (SSSR count). The minimum atomic E-state index is -0.401. The first-order valence-electron chi connectivity index (χ1n) is 10.7. The van der Waals surface area contributed by atoms with Crippen molar-refractivity contribution in [1.29, 1.82) is 0 Å². The topological polar surface area (TPSA) is 100 Å². The van der Waals surface area contributed by atoms with Crippen molar-refractivity contribution in [3.63, 3.8) is 0 Å². The number of nitrogens with one attached hydrogen (secondary N) is 3. The van der Waals surface area contributed by atoms with Crippen molar-refractivity contribution in [3.05, 3.63) is 119 Å². The maximum absolute atomic E-state index is 13.0. The molecule has 3 N–H and O–H groups in total. The van der Waals surface area contributed by atoms with E-state index in [1.54, 1.807) is 78.9 Å². The Balaban J connectivity index is 1.48. The zero-order valence-electron chi connectivity index (χ0n) is 18.5. The molecule has 170 valence electrons. The minimum absolute atomic E-state index is 0.233. The standard InChI is InChI=1S/C27H23N3O4/c1-18-13-14-20(16-24(18)30-25(31)19-8-3-2-4-9-19)26(32)29-23-12-6-5-11-22(23)27(33)28-17-21-10-7-15-34-21/h2-16H,17H2,1H3,(H,28,33)(H,29,32)(H,30,31). The Morgan fingerprint density at radius 3 is 2.18 bits per heavy atom. The van der Waals surface area contributed by atoms with Gasteiger partial charge in [0.15, 0.2) is 0 Å². The van der Waals surface area contributed by atoms with Gasteiger partial charge in [0.05, 0.1) is 24.1 Å². The van der Waals surface area contributed by atoms with Gasteiger partial charge in [-0.2, -0.15) is 0 Å². The first-order chi connectivity index (χ1) is 16.5. The van der Waals surface area contributed by atoms with Crippen molar-refractivity contribution in [3.8, 4) is 0 Å². The Morgan fingerprint density at radius 1 is 0.706 bits per heavy atom. The summed E-state index contributed by atoms with van der Waals surface area (Å²) in [6.07, 6.45) is 1.54. The first-order valence-corrected chi connectivity index (χ1v) is 10.7. The number of aryl methyl sites for hydroxylation is 1. The van der Waals surface area contributed by atoms with Crippen LogP contribution in [0.25, 0.3) is 0 Å². The van der Waals surface area contributed by atoms with Crippen molar-refractivity contribution in [2.45, 2.75) is 13.5 Å². The van der Waals surface area contributed by atoms with Gasteiger partial charge in [-0.15, -0.1) is 0 Å². The number of amides is 3. The van der Waals surface area contributed by atoms with E-state index in [1.807, 2.05) is 13.0 Å². The fourth-order valence-electron chi connectivity index (χ4n) is 3.34. The molecule has 0 aliphatic carbocycles. The average Bonchev–Trinajstić information content (AvgIpc) is 3.38. The van der Waals surface area contributed by atoms with Crippen LogP contribution in [0.4, 0.5) is 11.4 Å². The summed E-state index contributed by atoms with van der Waals surface area (Å²) in [5.41, 5.74) is 2.92. The second-order valence-corrected chi connectivity index (χ2v) is 7.61. The molecule has 3 aromatic carbocycles. The normalized spacial score (nSPS) is 10.4. The number of rotatable bonds is 7. The fraction of sp³-hybridized carbons (Fsp3) is 0.0741. The molecule has 0 saturated heterocycles. The van der Waals surface area contributed by atoms with Gasteiger partial charge in [0.1, 0.15) is 5.76 Å². The number of hydrogen-bond donors (Lipinski definition) is 3. The van der Waals surface area contributed by atoms with Gasteiger partial charge in [-0.25, -0.2) is 0 Å². The largest absolute Gasteiger partial charge is 0.467 e. The van der Waals surface area contributed by atoms with Gasteiger partial charge in [0, 0.05) is 16.8 Å². The van der Waals surface area contributed by atoms with Gasteiger partial charge in [-0.3, -0.25) is 14.4 Å². The molecule has 0 fully saturated rings. The van der Waals surface area contributed by atoms with Crippen LogP contribution in [0.15, 0.2) is 95.6 Å². The molecule has 0 aliphatic heterocycles. The third kappa shape index (κ3) is 5.39. The lowest BCUT2D eigenvalue weighted by Gasteiger charge is -2.13. The van der Waals surface area contributed by atoms with Crippen LogP contribution >= 0.6 is 0 Å². The molecule has 0 unspecified atom stereocenters. The van der Waals surface area contributed by atoms with E-state index in [0.29, 0.717) is 33.8 Å². The van der Waals surface area contributed by atoms with Crippen molar-refractivity contribution < 1.29 is 18.8 Å². The molecule has 3 amide bonds. The van der Waals surface area contributed by atoms with E-state index in [9.17, 15) is 14.4 Å². The van der Waals surface area contributed by atoms with E-state index >= 15 is 0 Å². The zero-order valence-corrected chi connectivity index (χ0v) is 18.5. The highest BCUT2D eigenvalue weighted by molar-refractivity contribution is 6.10. The summed E-state index contributed by atoms with van der Waals surface area (Å²) in [5.74, 6) is -0.382. The number of carbonyl (C=O) groups is 3. The Morgan fingerprint density at radius 2 is 1.41 bits per heavy atom. The number of hydrogen-bond acceptors (Lipinski definition) is 4. The van der Waals surface area contributed by atoms with E-state index in [-0.39, 0.29) is 18.4 Å². The summed E-state index contributed by atoms with van der Waals surface area (Å²) >= 11 is 0. The quantitative estimate of drug-likeness (QED) is 0.366. The van der Waals surface area contributed by atoms with Crippen LogP contribution in [-0.4, -0.2) is 17.7 Å². The van der Waals surface area contributed by atoms with E-state index < -0.39 is 5.91 Å². The number of furan rings is 1. The molecule has 0 spiro atoms. The molecule has 1 aromatic heterocycles. The molecule has 0 radical (unpaired) electrons. The second-order valence-electron chi connectivity index (χ2n) is 7.61. The molecule has 7 heteroatoms. The zero-order chi connectivity index (χ0) is 23.9. The monoisotopic (exact) mass is 453 g/mol. The molecule has 1 heterocycles. The van der Waals surface area contributed by atoms with Crippen LogP contribution in [0.3, 0.4) is 0 Å². The Bertz CT molecular complexity index is 1310. The van der Waals surface area contributed by atoms with Crippen LogP contribution in [0.2, 0.25) is 0 Å². The van der Waals surface area contributed by atoms with Gasteiger partial charge in [-0.05, 0) is 61.0 Å². The van der Waals surface area contributed by atoms with Crippen molar-refractivity contribution in [1.82, 2.24) is 5.32 Å².